The number of nitrogens with zero attached hydrogens (tertiary/aromatic N) is 2. The van der Waals surface area contributed by atoms with Crippen LogP contribution in [0, 0.1) is 0 Å². The topological polar surface area (TPSA) is 113 Å². The number of ether oxygens (including phenoxy) is 5. The maximum absolute atomic E-state index is 13.2. The van der Waals surface area contributed by atoms with Crippen molar-refractivity contribution in [1.82, 2.24) is 4.90 Å². The van der Waals surface area contributed by atoms with Crippen LogP contribution >= 0.6 is 0 Å². The molecule has 51 heavy (non-hydrogen) atoms. The van der Waals surface area contributed by atoms with Crippen molar-refractivity contribution in [1.29, 1.82) is 0 Å². The molecule has 10 heteroatoms. The monoisotopic (exact) mass is 693 g/mol. The smallest absolute Gasteiger partial charge is 0.410 e. The van der Waals surface area contributed by atoms with E-state index in [9.17, 15) is 9.59 Å². The lowest BCUT2D eigenvalue weighted by Gasteiger charge is -2.38. The molecule has 4 aromatic rings. The molecule has 2 unspecified atom stereocenters. The average molecular weight is 694 g/mol. The first-order chi connectivity index (χ1) is 24.9. The van der Waals surface area contributed by atoms with Gasteiger partial charge in [0, 0.05) is 32.7 Å². The summed E-state index contributed by atoms with van der Waals surface area (Å²) in [5.74, 6) is 1.27. The zero-order valence-electron chi connectivity index (χ0n) is 29.2. The number of fused-ring (bicyclic) bond motifs is 1. The summed E-state index contributed by atoms with van der Waals surface area (Å²) in [5, 5.41) is 0. The number of amides is 2. The highest BCUT2D eigenvalue weighted by molar-refractivity contribution is 5.76. The van der Waals surface area contributed by atoms with E-state index in [-0.39, 0.29) is 37.0 Å². The average Bonchev–Trinajstić information content (AvgIpc) is 3.16. The number of nitrogens with two attached hydrogens (primary N) is 1. The van der Waals surface area contributed by atoms with Gasteiger partial charge in [0.15, 0.2) is 0 Å². The molecule has 4 aromatic carbocycles. The summed E-state index contributed by atoms with van der Waals surface area (Å²) in [5.41, 5.74) is 11.4. The molecule has 2 aliphatic heterocycles. The highest BCUT2D eigenvalue weighted by Gasteiger charge is 2.34. The molecule has 0 spiro atoms. The molecule has 0 bridgehead atoms. The quantitative estimate of drug-likeness (QED) is 0.146. The minimum absolute atomic E-state index is 0.0788. The summed E-state index contributed by atoms with van der Waals surface area (Å²) in [6.07, 6.45) is 1.26. The molecule has 2 heterocycles. The summed E-state index contributed by atoms with van der Waals surface area (Å²) >= 11 is 0. The van der Waals surface area contributed by atoms with Crippen LogP contribution in [0.2, 0.25) is 0 Å². The van der Waals surface area contributed by atoms with E-state index >= 15 is 0 Å². The first-order valence-electron chi connectivity index (χ1n) is 17.6. The Kier molecular flexibility index (Phi) is 12.4. The normalized spacial score (nSPS) is 17.0. The molecule has 0 aliphatic carbocycles. The predicted molar refractivity (Wildman–Crippen MR) is 195 cm³/mol. The summed E-state index contributed by atoms with van der Waals surface area (Å²) < 4.78 is 29.7. The highest BCUT2D eigenvalue weighted by Crippen LogP contribution is 2.35. The highest BCUT2D eigenvalue weighted by atomic mass is 16.6. The van der Waals surface area contributed by atoms with Crippen LogP contribution < -0.4 is 20.1 Å². The number of likely N-dealkylation sites (tertiary alicyclic amines) is 1. The number of anilines is 1. The fourth-order valence-corrected chi connectivity index (χ4v) is 6.66. The Balaban J connectivity index is 1.13. The molecule has 10 nitrogen and oxygen atoms in total. The van der Waals surface area contributed by atoms with Crippen molar-refractivity contribution in [2.24, 2.45) is 5.73 Å². The summed E-state index contributed by atoms with van der Waals surface area (Å²) in [4.78, 5) is 28.7. The van der Waals surface area contributed by atoms with Crippen LogP contribution in [0.1, 0.15) is 46.6 Å². The Morgan fingerprint density at radius 1 is 0.843 bits per heavy atom. The fourth-order valence-electron chi connectivity index (χ4n) is 6.66. The van der Waals surface area contributed by atoms with Crippen LogP contribution in [0.4, 0.5) is 10.5 Å². The largest absolute Gasteiger partial charge is 0.490 e. The molecule has 2 atom stereocenters. The van der Waals surface area contributed by atoms with Gasteiger partial charge in [0.25, 0.3) is 0 Å². The van der Waals surface area contributed by atoms with Gasteiger partial charge in [-0.05, 0) is 64.9 Å². The van der Waals surface area contributed by atoms with Gasteiger partial charge in [-0.15, -0.1) is 0 Å². The Morgan fingerprint density at radius 2 is 1.63 bits per heavy atom. The molecule has 1 saturated heterocycles. The number of primary amides is 1. The minimum atomic E-state index is -0.377. The number of hydrogen-bond acceptors (Lipinski definition) is 8. The molecular formula is C41H47N3O7. The number of benzene rings is 4. The lowest BCUT2D eigenvalue weighted by atomic mass is 9.86. The fraction of sp³-hybridized carbons (Fsp3) is 0.366. The van der Waals surface area contributed by atoms with E-state index in [2.05, 4.69) is 41.3 Å². The van der Waals surface area contributed by atoms with Crippen molar-refractivity contribution < 1.29 is 33.3 Å². The Bertz CT molecular complexity index is 1730. The number of piperidine rings is 1. The first kappa shape index (κ1) is 35.8. The van der Waals surface area contributed by atoms with Crippen LogP contribution in [-0.2, 0) is 45.2 Å². The predicted octanol–water partition coefficient (Wildman–Crippen LogP) is 6.24. The summed E-state index contributed by atoms with van der Waals surface area (Å²) in [7, 11) is 1.73. The standard InChI is InChI=1S/C41H47N3O7/c1-47-21-6-18-43-20-22-48-38-16-13-33(24-37(38)43)29-50-39-26-44(41(46)51-28-30-7-3-2-4-8-30)19-17-36(39)34-14-11-31(12-15-34)27-49-35-10-5-9-32(23-35)25-40(42)45/h2-5,7-16,23-24,36,39H,6,17-22,25-29H2,1H3,(H2,42,45). The van der Waals surface area contributed by atoms with E-state index in [0.717, 1.165) is 65.2 Å². The van der Waals surface area contributed by atoms with Crippen LogP contribution in [0.25, 0.3) is 0 Å². The van der Waals surface area contributed by atoms with Gasteiger partial charge in [-0.2, -0.15) is 0 Å². The van der Waals surface area contributed by atoms with Crippen molar-refractivity contribution in [3.63, 3.8) is 0 Å². The first-order valence-corrected chi connectivity index (χ1v) is 17.6. The maximum atomic E-state index is 13.2. The number of carbonyl (C=O) groups excluding carboxylic acids is 2. The van der Waals surface area contributed by atoms with E-state index in [0.29, 0.717) is 45.3 Å². The second-order valence-corrected chi connectivity index (χ2v) is 13.0. The molecule has 0 radical (unpaired) electrons. The minimum Gasteiger partial charge on any atom is -0.490 e. The van der Waals surface area contributed by atoms with E-state index in [1.807, 2.05) is 60.7 Å². The summed E-state index contributed by atoms with van der Waals surface area (Å²) in [6.45, 7) is 5.08. The third-order valence-corrected chi connectivity index (χ3v) is 9.34. The van der Waals surface area contributed by atoms with E-state index in [1.54, 1.807) is 12.0 Å². The molecular weight excluding hydrogens is 646 g/mol. The van der Waals surface area contributed by atoms with Gasteiger partial charge < -0.3 is 39.2 Å². The third-order valence-electron chi connectivity index (χ3n) is 9.34. The zero-order valence-corrected chi connectivity index (χ0v) is 29.2. The molecule has 6 rings (SSSR count). The number of carbonyl (C=O) groups is 2. The van der Waals surface area contributed by atoms with Crippen LogP contribution in [0.5, 0.6) is 11.5 Å². The molecule has 2 aliphatic rings. The van der Waals surface area contributed by atoms with Crippen molar-refractivity contribution in [2.45, 2.75) is 51.1 Å². The van der Waals surface area contributed by atoms with Gasteiger partial charge in [0.1, 0.15) is 31.3 Å². The van der Waals surface area contributed by atoms with Crippen molar-refractivity contribution in [3.05, 3.63) is 125 Å². The van der Waals surface area contributed by atoms with Crippen molar-refractivity contribution in [3.8, 4) is 11.5 Å². The van der Waals surface area contributed by atoms with E-state index < -0.39 is 0 Å². The lowest BCUT2D eigenvalue weighted by Crippen LogP contribution is -2.47. The van der Waals surface area contributed by atoms with Crippen LogP contribution in [-0.4, -0.2) is 69.5 Å². The molecule has 268 valence electrons. The maximum Gasteiger partial charge on any atom is 0.410 e. The van der Waals surface area contributed by atoms with Crippen molar-refractivity contribution in [2.75, 3.05) is 51.4 Å². The third kappa shape index (κ3) is 10.0. The lowest BCUT2D eigenvalue weighted by molar-refractivity contribution is -0.117. The van der Waals surface area contributed by atoms with Crippen LogP contribution in [0.15, 0.2) is 97.1 Å². The van der Waals surface area contributed by atoms with Gasteiger partial charge in [-0.25, -0.2) is 4.79 Å². The van der Waals surface area contributed by atoms with E-state index in [1.165, 1.54) is 0 Å². The number of hydrogen-bond donors (Lipinski definition) is 1. The molecule has 0 aromatic heterocycles. The number of rotatable bonds is 15. The second kappa shape index (κ2) is 17.7. The van der Waals surface area contributed by atoms with Gasteiger partial charge in [0.2, 0.25) is 5.91 Å². The summed E-state index contributed by atoms with van der Waals surface area (Å²) in [6, 6.07) is 31.8. The SMILES string of the molecule is COCCCN1CCOc2ccc(COC3CN(C(=O)OCc4ccccc4)CCC3c3ccc(COc4cccc(CC(N)=O)c4)cc3)cc21. The Labute approximate surface area is 300 Å². The van der Waals surface area contributed by atoms with Gasteiger partial charge in [-0.3, -0.25) is 4.79 Å². The zero-order chi connectivity index (χ0) is 35.4. The molecule has 2 N–H and O–H groups in total. The Morgan fingerprint density at radius 3 is 2.43 bits per heavy atom. The molecule has 1 fully saturated rings. The van der Waals surface area contributed by atoms with Gasteiger partial charge >= 0.3 is 6.09 Å². The second-order valence-electron chi connectivity index (χ2n) is 13.0. The molecule has 2 amide bonds. The number of methoxy groups -OCH3 is 1. The molecule has 0 saturated carbocycles. The van der Waals surface area contributed by atoms with Gasteiger partial charge in [-0.1, -0.05) is 72.8 Å². The van der Waals surface area contributed by atoms with Crippen molar-refractivity contribution >= 4 is 17.7 Å². The Hall–Kier alpha value is -5.06. The van der Waals surface area contributed by atoms with Gasteiger partial charge in [0.05, 0.1) is 37.9 Å². The van der Waals surface area contributed by atoms with E-state index in [4.69, 9.17) is 29.4 Å². The van der Waals surface area contributed by atoms with Crippen LogP contribution in [0.3, 0.4) is 0 Å².